The highest BCUT2D eigenvalue weighted by molar-refractivity contribution is 7.27. The number of aliphatic imine (C=N–C) groups is 2. The minimum Gasteiger partial charge on any atom is -0.324 e. The van der Waals surface area contributed by atoms with Gasteiger partial charge in [0.25, 0.3) is 0 Å². The molecule has 59 heavy (non-hydrogen) atoms. The number of aromatic nitrogens is 1. The van der Waals surface area contributed by atoms with Crippen LogP contribution in [-0.4, -0.2) is 16.7 Å². The zero-order valence-electron chi connectivity index (χ0n) is 31.8. The van der Waals surface area contributed by atoms with Crippen molar-refractivity contribution in [2.24, 2.45) is 9.98 Å². The van der Waals surface area contributed by atoms with Gasteiger partial charge in [-0.05, 0) is 62.5 Å². The van der Waals surface area contributed by atoms with Gasteiger partial charge in [-0.25, -0.2) is 15.0 Å². The molecule has 0 saturated heterocycles. The molecule has 12 rings (SSSR count). The molecule has 0 amide bonds. The van der Waals surface area contributed by atoms with Crippen molar-refractivity contribution in [3.8, 4) is 22.4 Å². The maximum Gasteiger partial charge on any atom is 0.169 e. The lowest BCUT2D eigenvalue weighted by molar-refractivity contribution is 0.756. The first kappa shape index (κ1) is 33.6. The SMILES string of the molecule is c1ccc(-c2nc3ccccc3c3c2ccc2c4cccc(-c5cccc(C6N=C(c7ccc8ccccc8c7)NC(c7ccc8ccccc8c7)=N6)c5)c4sc23)cc1. The van der Waals surface area contributed by atoms with Crippen molar-refractivity contribution in [2.75, 3.05) is 0 Å². The number of benzene rings is 9. The Bertz CT molecular complexity index is 3450. The summed E-state index contributed by atoms with van der Waals surface area (Å²) in [7, 11) is 0. The molecule has 0 bridgehead atoms. The highest BCUT2D eigenvalue weighted by Crippen LogP contribution is 2.46. The number of rotatable bonds is 5. The summed E-state index contributed by atoms with van der Waals surface area (Å²) in [6.07, 6.45) is -0.444. The zero-order valence-corrected chi connectivity index (χ0v) is 32.6. The summed E-state index contributed by atoms with van der Waals surface area (Å²) in [5.74, 6) is 1.61. The van der Waals surface area contributed by atoms with Crippen LogP contribution in [-0.2, 0) is 0 Å². The molecule has 1 N–H and O–H groups in total. The second-order valence-corrected chi connectivity index (χ2v) is 16.2. The van der Waals surface area contributed by atoms with Crippen LogP contribution >= 0.6 is 11.3 Å². The van der Waals surface area contributed by atoms with E-state index in [1.54, 1.807) is 0 Å². The van der Waals surface area contributed by atoms with Crippen LogP contribution in [0.4, 0.5) is 0 Å². The van der Waals surface area contributed by atoms with Crippen LogP contribution < -0.4 is 5.32 Å². The summed E-state index contributed by atoms with van der Waals surface area (Å²) in [6, 6.07) is 69.2. The van der Waals surface area contributed by atoms with E-state index >= 15 is 0 Å². The van der Waals surface area contributed by atoms with Crippen LogP contribution in [0.5, 0.6) is 0 Å². The number of nitrogens with zero attached hydrogens (tertiary/aromatic N) is 3. The van der Waals surface area contributed by atoms with E-state index in [0.29, 0.717) is 0 Å². The van der Waals surface area contributed by atoms with Gasteiger partial charge in [0.1, 0.15) is 11.7 Å². The summed E-state index contributed by atoms with van der Waals surface area (Å²) in [6.45, 7) is 0. The monoisotopic (exact) mass is 770 g/mol. The van der Waals surface area contributed by atoms with E-state index in [1.807, 2.05) is 11.3 Å². The van der Waals surface area contributed by atoms with Crippen molar-refractivity contribution in [2.45, 2.75) is 6.17 Å². The summed E-state index contributed by atoms with van der Waals surface area (Å²) in [4.78, 5) is 15.8. The lowest BCUT2D eigenvalue weighted by Gasteiger charge is -2.23. The Labute approximate surface area is 344 Å². The Morgan fingerprint density at radius 3 is 1.75 bits per heavy atom. The zero-order chi connectivity index (χ0) is 38.9. The van der Waals surface area contributed by atoms with Gasteiger partial charge in [-0.1, -0.05) is 170 Å². The van der Waals surface area contributed by atoms with Gasteiger partial charge in [0.2, 0.25) is 0 Å². The molecule has 0 spiro atoms. The Hall–Kier alpha value is -7.47. The Kier molecular flexibility index (Phi) is 7.75. The molecule has 2 aromatic heterocycles. The summed E-state index contributed by atoms with van der Waals surface area (Å²) in [5.41, 5.74) is 8.57. The molecule has 0 unspecified atom stereocenters. The van der Waals surface area contributed by atoms with Crippen molar-refractivity contribution in [3.05, 3.63) is 211 Å². The lowest BCUT2D eigenvalue weighted by Crippen LogP contribution is -2.36. The molecule has 0 radical (unpaired) electrons. The molecule has 276 valence electrons. The summed E-state index contributed by atoms with van der Waals surface area (Å²) in [5, 5.41) is 14.5. The fraction of sp³-hybridized carbons (Fsp3) is 0.0185. The quantitative estimate of drug-likeness (QED) is 0.177. The standard InChI is InChI=1S/C54H34N4S/c1-2-14-35(15-3-1)49-46-29-28-44-43-22-11-21-42(50(43)59-51(44)48(46)45-20-8-9-23-47(45)55-49)38-18-10-19-39(32-38)52-56-53(40-26-24-33-12-4-6-16-36(33)30-40)58-54(57-52)41-27-25-34-13-5-7-17-37(34)31-41/h1-32,52H,(H,56,57,58). The van der Waals surface area contributed by atoms with Crippen molar-refractivity contribution < 1.29 is 0 Å². The fourth-order valence-corrected chi connectivity index (χ4v) is 10.2. The van der Waals surface area contributed by atoms with E-state index in [1.165, 1.54) is 63.4 Å². The largest absolute Gasteiger partial charge is 0.324 e. The van der Waals surface area contributed by atoms with E-state index in [-0.39, 0.29) is 0 Å². The van der Waals surface area contributed by atoms with Gasteiger partial charge in [0.05, 0.1) is 11.2 Å². The van der Waals surface area contributed by atoms with Gasteiger partial charge >= 0.3 is 0 Å². The van der Waals surface area contributed by atoms with Gasteiger partial charge in [-0.3, -0.25) is 0 Å². The third-order valence-corrected chi connectivity index (χ3v) is 12.9. The summed E-state index contributed by atoms with van der Waals surface area (Å²) >= 11 is 1.88. The molecule has 0 atom stereocenters. The third-order valence-electron chi connectivity index (χ3n) is 11.7. The number of fused-ring (bicyclic) bond motifs is 9. The van der Waals surface area contributed by atoms with Crippen LogP contribution in [0.25, 0.3) is 85.8 Å². The van der Waals surface area contributed by atoms with Crippen LogP contribution in [0.3, 0.4) is 0 Å². The maximum atomic E-state index is 5.31. The Balaban J connectivity index is 1.02. The fourth-order valence-electron chi connectivity index (χ4n) is 8.77. The van der Waals surface area contributed by atoms with Crippen LogP contribution in [0.1, 0.15) is 22.9 Å². The first-order chi connectivity index (χ1) is 29.2. The highest BCUT2D eigenvalue weighted by atomic mass is 32.1. The van der Waals surface area contributed by atoms with Gasteiger partial charge < -0.3 is 5.32 Å². The minimum atomic E-state index is -0.444. The van der Waals surface area contributed by atoms with E-state index in [9.17, 15) is 0 Å². The number of para-hydroxylation sites is 1. The first-order valence-corrected chi connectivity index (χ1v) is 20.8. The van der Waals surface area contributed by atoms with Crippen LogP contribution in [0.2, 0.25) is 0 Å². The van der Waals surface area contributed by atoms with E-state index in [4.69, 9.17) is 15.0 Å². The van der Waals surface area contributed by atoms with Crippen molar-refractivity contribution in [3.63, 3.8) is 0 Å². The molecule has 3 heterocycles. The van der Waals surface area contributed by atoms with Crippen molar-refractivity contribution in [1.29, 1.82) is 0 Å². The summed E-state index contributed by atoms with van der Waals surface area (Å²) < 4.78 is 2.55. The van der Waals surface area contributed by atoms with Crippen LogP contribution in [0.15, 0.2) is 204 Å². The predicted molar refractivity (Wildman–Crippen MR) is 250 cm³/mol. The second kappa shape index (κ2) is 13.6. The first-order valence-electron chi connectivity index (χ1n) is 20.0. The smallest absolute Gasteiger partial charge is 0.169 e. The molecule has 4 nitrogen and oxygen atoms in total. The van der Waals surface area contributed by atoms with Gasteiger partial charge in [-0.15, -0.1) is 11.3 Å². The van der Waals surface area contributed by atoms with Crippen molar-refractivity contribution >= 4 is 86.4 Å². The normalized spacial score (nSPS) is 13.4. The van der Waals surface area contributed by atoms with Gasteiger partial charge in [-0.2, -0.15) is 0 Å². The molecule has 11 aromatic rings. The second-order valence-electron chi connectivity index (χ2n) is 15.2. The maximum absolute atomic E-state index is 5.31. The lowest BCUT2D eigenvalue weighted by atomic mass is 9.97. The van der Waals surface area contributed by atoms with E-state index in [2.05, 4.69) is 199 Å². The Morgan fingerprint density at radius 1 is 0.407 bits per heavy atom. The molecular formula is C54H34N4S. The van der Waals surface area contributed by atoms with E-state index < -0.39 is 6.17 Å². The number of nitrogens with one attached hydrogen (secondary N) is 1. The molecule has 5 heteroatoms. The van der Waals surface area contributed by atoms with Gasteiger partial charge in [0, 0.05) is 53.0 Å². The number of amidine groups is 2. The molecule has 1 aliphatic heterocycles. The average Bonchev–Trinajstić information content (AvgIpc) is 3.70. The van der Waals surface area contributed by atoms with E-state index in [0.717, 1.165) is 50.7 Å². The molecule has 0 aliphatic carbocycles. The topological polar surface area (TPSA) is 49.6 Å². The molecule has 9 aromatic carbocycles. The number of hydrogen-bond donors (Lipinski definition) is 1. The number of thiophene rings is 1. The van der Waals surface area contributed by atoms with Crippen molar-refractivity contribution in [1.82, 2.24) is 10.3 Å². The highest BCUT2D eigenvalue weighted by Gasteiger charge is 2.23. The third kappa shape index (κ3) is 5.70. The molecular weight excluding hydrogens is 737 g/mol. The molecule has 0 saturated carbocycles. The molecule has 0 fully saturated rings. The van der Waals surface area contributed by atoms with Gasteiger partial charge in [0.15, 0.2) is 6.17 Å². The average molecular weight is 771 g/mol. The number of hydrogen-bond acceptors (Lipinski definition) is 5. The minimum absolute atomic E-state index is 0.444. The predicted octanol–water partition coefficient (Wildman–Crippen LogP) is 13.9. The molecule has 1 aliphatic rings. The Morgan fingerprint density at radius 2 is 1.00 bits per heavy atom. The van der Waals surface area contributed by atoms with Crippen LogP contribution in [0, 0.1) is 0 Å². The number of pyridine rings is 1.